The first kappa shape index (κ1) is 21.8. The van der Waals surface area contributed by atoms with Crippen molar-refractivity contribution in [1.29, 1.82) is 0 Å². The molecule has 2 aromatic heterocycles. The molecule has 5 rings (SSSR count). The molecule has 2 N–H and O–H groups in total. The fraction of sp³-hybridized carbons (Fsp3) is 0.455. The van der Waals surface area contributed by atoms with Crippen LogP contribution in [0.3, 0.4) is 0 Å². The van der Waals surface area contributed by atoms with Crippen molar-refractivity contribution in [2.75, 3.05) is 25.0 Å². The minimum Gasteiger partial charge on any atom is -0.382 e. The summed E-state index contributed by atoms with van der Waals surface area (Å²) in [4.78, 5) is 14.0. The maximum atomic E-state index is 14.7. The van der Waals surface area contributed by atoms with E-state index in [4.69, 9.17) is 0 Å². The molecule has 3 heterocycles. The number of aromatic nitrogens is 5. The Kier molecular flexibility index (Phi) is 5.75. The summed E-state index contributed by atoms with van der Waals surface area (Å²) < 4.78 is 42.6. The molecule has 0 bridgehead atoms. The Morgan fingerprint density at radius 1 is 1.03 bits per heavy atom. The Bertz CT molecular complexity index is 1080. The minimum absolute atomic E-state index is 0.00648. The normalized spacial score (nSPS) is 24.5. The van der Waals surface area contributed by atoms with Gasteiger partial charge < -0.3 is 10.4 Å². The summed E-state index contributed by atoms with van der Waals surface area (Å²) in [6.45, 7) is 1.67. The first-order chi connectivity index (χ1) is 15.9. The van der Waals surface area contributed by atoms with Crippen LogP contribution in [-0.4, -0.2) is 60.4 Å². The molecule has 174 valence electrons. The first-order valence-corrected chi connectivity index (χ1v) is 10.8. The van der Waals surface area contributed by atoms with Gasteiger partial charge in [-0.15, -0.1) is 0 Å². The van der Waals surface area contributed by atoms with Gasteiger partial charge in [-0.1, -0.05) is 6.07 Å². The second kappa shape index (κ2) is 8.71. The Morgan fingerprint density at radius 3 is 2.39 bits per heavy atom. The van der Waals surface area contributed by atoms with Crippen LogP contribution in [0, 0.1) is 29.3 Å². The van der Waals surface area contributed by atoms with Gasteiger partial charge >= 0.3 is 0 Å². The van der Waals surface area contributed by atoms with Crippen LogP contribution < -0.4 is 5.32 Å². The quantitative estimate of drug-likeness (QED) is 0.560. The molecule has 11 heteroatoms. The van der Waals surface area contributed by atoms with E-state index in [9.17, 15) is 18.3 Å². The van der Waals surface area contributed by atoms with E-state index in [0.29, 0.717) is 17.8 Å². The van der Waals surface area contributed by atoms with Crippen LogP contribution in [0.25, 0.3) is 0 Å². The maximum absolute atomic E-state index is 14.7. The van der Waals surface area contributed by atoms with Crippen molar-refractivity contribution in [1.82, 2.24) is 29.6 Å². The van der Waals surface area contributed by atoms with Gasteiger partial charge in [-0.2, -0.15) is 5.10 Å². The minimum atomic E-state index is -1.61. The number of rotatable bonds is 7. The Labute approximate surface area is 188 Å². The smallest absolute Gasteiger partial charge is 0.222 e. The van der Waals surface area contributed by atoms with Crippen LogP contribution in [-0.2, 0) is 12.1 Å². The van der Waals surface area contributed by atoms with Crippen molar-refractivity contribution in [2.24, 2.45) is 11.8 Å². The first-order valence-electron chi connectivity index (χ1n) is 10.8. The van der Waals surface area contributed by atoms with Crippen molar-refractivity contribution in [3.63, 3.8) is 0 Å². The highest BCUT2D eigenvalue weighted by Gasteiger charge is 2.44. The number of hydrogen-bond donors (Lipinski definition) is 2. The average Bonchev–Trinajstić information content (AvgIpc) is 3.46. The lowest BCUT2D eigenvalue weighted by molar-refractivity contribution is -0.0180. The number of β-amino-alcohol motifs (C(OH)–C–C–N with tert-alkyl or cyclic N) is 1. The number of anilines is 1. The number of fused-ring (bicyclic) bond motifs is 1. The van der Waals surface area contributed by atoms with Gasteiger partial charge in [-0.25, -0.2) is 32.8 Å². The van der Waals surface area contributed by atoms with Crippen LogP contribution in [0.5, 0.6) is 0 Å². The number of nitrogens with zero attached hydrogens (tertiary/aromatic N) is 6. The molecule has 1 aliphatic carbocycles. The molecule has 3 atom stereocenters. The number of hydrogen-bond acceptors (Lipinski definition) is 7. The molecule has 2 aliphatic rings. The third-order valence-electron chi connectivity index (χ3n) is 6.59. The lowest BCUT2D eigenvalue weighted by Crippen LogP contribution is -2.44. The Morgan fingerprint density at radius 2 is 1.76 bits per heavy atom. The average molecular weight is 459 g/mol. The molecular weight excluding hydrogens is 435 g/mol. The fourth-order valence-electron chi connectivity index (χ4n) is 5.25. The topological polar surface area (TPSA) is 92.0 Å². The number of halogens is 3. The molecule has 1 saturated heterocycles. The predicted octanol–water partition coefficient (Wildman–Crippen LogP) is 2.20. The van der Waals surface area contributed by atoms with Crippen molar-refractivity contribution in [3.05, 3.63) is 66.3 Å². The summed E-state index contributed by atoms with van der Waals surface area (Å²) in [5.41, 5.74) is -1.58. The summed E-state index contributed by atoms with van der Waals surface area (Å²) in [6, 6.07) is 3.42. The summed E-state index contributed by atoms with van der Waals surface area (Å²) in [6.07, 6.45) is 6.87. The third-order valence-corrected chi connectivity index (χ3v) is 6.59. The van der Waals surface area contributed by atoms with Crippen molar-refractivity contribution in [3.8, 4) is 0 Å². The van der Waals surface area contributed by atoms with E-state index in [0.717, 1.165) is 50.5 Å². The van der Waals surface area contributed by atoms with Crippen LogP contribution >= 0.6 is 0 Å². The number of benzene rings is 1. The van der Waals surface area contributed by atoms with Crippen LogP contribution in [0.4, 0.5) is 19.1 Å². The number of nitrogens with one attached hydrogen (secondary N) is 1. The molecule has 0 amide bonds. The van der Waals surface area contributed by atoms with E-state index in [1.165, 1.54) is 23.4 Å². The van der Waals surface area contributed by atoms with Crippen molar-refractivity contribution >= 4 is 5.95 Å². The van der Waals surface area contributed by atoms with Crippen LogP contribution in [0.1, 0.15) is 18.4 Å². The van der Waals surface area contributed by atoms with E-state index in [-0.39, 0.29) is 24.7 Å². The third kappa shape index (κ3) is 4.69. The number of likely N-dealkylation sites (tertiary alicyclic amines) is 1. The van der Waals surface area contributed by atoms with Gasteiger partial charge in [0.2, 0.25) is 5.95 Å². The van der Waals surface area contributed by atoms with Gasteiger partial charge in [-0.3, -0.25) is 4.90 Å². The standard InChI is InChI=1S/C22H24F3N7O/c23-16-1-2-19(20(25)5-16)22(33,11-32-13-26-12-29-32)10-31-8-14-3-18(4-15(14)9-31)30-21-27-6-17(24)7-28-21/h1-2,5-7,12-15,18,33H,3-4,8-11H2,(H,27,28,30). The van der Waals surface area contributed by atoms with Gasteiger partial charge in [0.25, 0.3) is 0 Å². The van der Waals surface area contributed by atoms with Crippen molar-refractivity contribution < 1.29 is 18.3 Å². The Hall–Kier alpha value is -3.05. The molecule has 1 aromatic carbocycles. The highest BCUT2D eigenvalue weighted by Crippen LogP contribution is 2.40. The molecule has 0 spiro atoms. The zero-order valence-corrected chi connectivity index (χ0v) is 17.8. The fourth-order valence-corrected chi connectivity index (χ4v) is 5.25. The summed E-state index contributed by atoms with van der Waals surface area (Å²) >= 11 is 0. The van der Waals surface area contributed by atoms with E-state index >= 15 is 0 Å². The monoisotopic (exact) mass is 459 g/mol. The molecular formula is C22H24F3N7O. The van der Waals surface area contributed by atoms with Gasteiger partial charge in [0.1, 0.15) is 29.9 Å². The predicted molar refractivity (Wildman–Crippen MR) is 112 cm³/mol. The van der Waals surface area contributed by atoms with Gasteiger partial charge in [0.05, 0.1) is 18.9 Å². The summed E-state index contributed by atoms with van der Waals surface area (Å²) in [5.74, 6) is -0.754. The van der Waals surface area contributed by atoms with Gasteiger partial charge in [0.15, 0.2) is 5.82 Å². The van der Waals surface area contributed by atoms with E-state index < -0.39 is 23.1 Å². The summed E-state index contributed by atoms with van der Waals surface area (Å²) in [5, 5.41) is 18.9. The second-order valence-corrected chi connectivity index (χ2v) is 9.00. The van der Waals surface area contributed by atoms with Crippen LogP contribution in [0.2, 0.25) is 0 Å². The molecule has 1 aliphatic heterocycles. The van der Waals surface area contributed by atoms with Crippen molar-refractivity contribution in [2.45, 2.75) is 31.0 Å². The zero-order valence-electron chi connectivity index (χ0n) is 17.8. The molecule has 1 saturated carbocycles. The molecule has 3 aromatic rings. The SMILES string of the molecule is OC(CN1CC2CC(Nc3ncc(F)cn3)CC2C1)(Cn1cncn1)c1ccc(F)cc1F. The highest BCUT2D eigenvalue weighted by atomic mass is 19.1. The maximum Gasteiger partial charge on any atom is 0.222 e. The van der Waals surface area contributed by atoms with E-state index in [1.807, 2.05) is 0 Å². The lowest BCUT2D eigenvalue weighted by atomic mass is 9.92. The second-order valence-electron chi connectivity index (χ2n) is 9.00. The Balaban J connectivity index is 1.27. The van der Waals surface area contributed by atoms with Gasteiger partial charge in [0, 0.05) is 37.3 Å². The lowest BCUT2D eigenvalue weighted by Gasteiger charge is -2.33. The largest absolute Gasteiger partial charge is 0.382 e. The van der Waals surface area contributed by atoms with E-state index in [1.54, 1.807) is 0 Å². The van der Waals surface area contributed by atoms with Crippen LogP contribution in [0.15, 0.2) is 43.2 Å². The molecule has 2 fully saturated rings. The number of aliphatic hydroxyl groups is 1. The molecule has 33 heavy (non-hydrogen) atoms. The molecule has 8 nitrogen and oxygen atoms in total. The zero-order chi connectivity index (χ0) is 23.0. The highest BCUT2D eigenvalue weighted by molar-refractivity contribution is 5.27. The molecule has 3 unspecified atom stereocenters. The molecule has 0 radical (unpaired) electrons. The van der Waals surface area contributed by atoms with E-state index in [2.05, 4.69) is 30.3 Å². The summed E-state index contributed by atoms with van der Waals surface area (Å²) in [7, 11) is 0. The van der Waals surface area contributed by atoms with Gasteiger partial charge in [-0.05, 0) is 30.7 Å².